The number of rotatable bonds is 18. The predicted octanol–water partition coefficient (Wildman–Crippen LogP) is 1.44. The molecule has 0 aliphatic carbocycles. The zero-order chi connectivity index (χ0) is 26.7. The van der Waals surface area contributed by atoms with Crippen LogP contribution in [-0.2, 0) is 38.3 Å². The summed E-state index contributed by atoms with van der Waals surface area (Å²) < 4.78 is 4.73. The van der Waals surface area contributed by atoms with Gasteiger partial charge in [0.15, 0.2) is 0 Å². The highest BCUT2D eigenvalue weighted by Gasteiger charge is 2.47. The number of ether oxygens (including phenoxy) is 1. The lowest BCUT2D eigenvalue weighted by atomic mass is 9.95. The Balaban J connectivity index is 0. The van der Waals surface area contributed by atoms with E-state index in [1.54, 1.807) is 0 Å². The molecule has 0 saturated carbocycles. The Morgan fingerprint density at radius 2 is 0.824 bits per heavy atom. The average Bonchev–Trinajstić information content (AvgIpc) is 2.67. The molecule has 6 N–H and O–H groups in total. The third-order valence-corrected chi connectivity index (χ3v) is 4.15. The molecule has 0 saturated heterocycles. The number of hydrogen-bond acceptors (Lipinski definition) is 8. The fourth-order valence-corrected chi connectivity index (χ4v) is 2.55. The highest BCUT2D eigenvalue weighted by molar-refractivity contribution is 5.90. The average molecular weight is 494 g/mol. The molecule has 0 radical (unpaired) electrons. The lowest BCUT2D eigenvalue weighted by Crippen LogP contribution is -2.47. The summed E-state index contributed by atoms with van der Waals surface area (Å²) in [5, 5.41) is 51.0. The van der Waals surface area contributed by atoms with E-state index in [1.807, 2.05) is 0 Å². The summed E-state index contributed by atoms with van der Waals surface area (Å²) in [5.41, 5.74) is -2.63. The predicted molar refractivity (Wildman–Crippen MR) is 110 cm³/mol. The molecule has 0 aliphatic rings. The van der Waals surface area contributed by atoms with Crippen LogP contribution >= 0.6 is 0 Å². The Labute approximate surface area is 194 Å². The van der Waals surface area contributed by atoms with Crippen molar-refractivity contribution in [3.8, 4) is 0 Å². The number of carboxylic acid groups (broad SMARTS) is 6. The molecule has 0 aliphatic heterocycles. The van der Waals surface area contributed by atoms with Crippen molar-refractivity contribution in [2.45, 2.75) is 82.7 Å². The van der Waals surface area contributed by atoms with Crippen LogP contribution in [0.15, 0.2) is 0 Å². The van der Waals surface area contributed by atoms with Crippen LogP contribution in [0, 0.1) is 0 Å². The van der Waals surface area contributed by atoms with Gasteiger partial charge in [0.05, 0.1) is 25.7 Å². The molecule has 0 spiro atoms. The zero-order valence-corrected chi connectivity index (χ0v) is 18.4. The second-order valence-corrected chi connectivity index (χ2v) is 7.22. The van der Waals surface area contributed by atoms with Crippen molar-refractivity contribution in [2.24, 2.45) is 0 Å². The lowest BCUT2D eigenvalue weighted by Gasteiger charge is -2.26. The Morgan fingerprint density at radius 1 is 0.471 bits per heavy atom. The van der Waals surface area contributed by atoms with Gasteiger partial charge in [-0.05, 0) is 12.8 Å². The SMILES string of the molecule is O=C(O)CCC(=O)O.O=C(O)CCCCCCCCC(=O)OC(CC(=O)O)(CC(=O)O)C(=O)O. The van der Waals surface area contributed by atoms with Gasteiger partial charge in [-0.1, -0.05) is 25.7 Å². The molecule has 0 rings (SSSR count). The number of aliphatic carboxylic acids is 6. The van der Waals surface area contributed by atoms with Crippen LogP contribution in [0.2, 0.25) is 0 Å². The van der Waals surface area contributed by atoms with Gasteiger partial charge in [0.2, 0.25) is 5.60 Å². The summed E-state index contributed by atoms with van der Waals surface area (Å²) in [5.74, 6) is -8.99. The van der Waals surface area contributed by atoms with Gasteiger partial charge in [0.1, 0.15) is 0 Å². The molecular formula is C20H30O14. The molecule has 0 atom stereocenters. The number of carbonyl (C=O) groups excluding carboxylic acids is 1. The summed E-state index contributed by atoms with van der Waals surface area (Å²) in [6.45, 7) is 0. The first kappa shape index (κ1) is 32.5. The van der Waals surface area contributed by atoms with Crippen LogP contribution in [0.1, 0.15) is 77.0 Å². The van der Waals surface area contributed by atoms with Crippen LogP contribution in [0.5, 0.6) is 0 Å². The standard InChI is InChI=1S/C16H24O10.C4H6O4/c17-11(18)7-5-3-1-2-4-6-8-14(23)26-16(15(24)25,9-12(19)20)10-13(21)22;5-3(6)1-2-4(7)8/h1-10H2,(H,17,18)(H,19,20)(H,21,22)(H,24,25);1-2H2,(H,5,6)(H,7,8). The smallest absolute Gasteiger partial charge is 0.349 e. The van der Waals surface area contributed by atoms with Gasteiger partial charge in [-0.2, -0.15) is 0 Å². The largest absolute Gasteiger partial charge is 0.481 e. The first-order valence-corrected chi connectivity index (χ1v) is 10.3. The Hall–Kier alpha value is -3.71. The van der Waals surface area contributed by atoms with Crippen LogP contribution < -0.4 is 0 Å². The minimum absolute atomic E-state index is 0.108. The maximum Gasteiger partial charge on any atom is 0.349 e. The minimum atomic E-state index is -2.63. The van der Waals surface area contributed by atoms with Gasteiger partial charge in [-0.25, -0.2) is 4.79 Å². The van der Waals surface area contributed by atoms with E-state index in [-0.39, 0.29) is 25.7 Å². The first-order chi connectivity index (χ1) is 15.7. The maximum atomic E-state index is 11.8. The van der Waals surface area contributed by atoms with E-state index in [9.17, 15) is 33.6 Å². The van der Waals surface area contributed by atoms with Crippen molar-refractivity contribution < 1.29 is 68.9 Å². The summed E-state index contributed by atoms with van der Waals surface area (Å²) in [4.78, 5) is 74.4. The molecule has 34 heavy (non-hydrogen) atoms. The summed E-state index contributed by atoms with van der Waals surface area (Å²) in [7, 11) is 0. The second kappa shape index (κ2) is 17.8. The Bertz CT molecular complexity index is 697. The van der Waals surface area contributed by atoms with Crippen molar-refractivity contribution in [1.82, 2.24) is 0 Å². The number of carboxylic acids is 6. The van der Waals surface area contributed by atoms with Crippen molar-refractivity contribution in [3.05, 3.63) is 0 Å². The van der Waals surface area contributed by atoms with Gasteiger partial charge in [-0.15, -0.1) is 0 Å². The quantitative estimate of drug-likeness (QED) is 0.116. The molecule has 14 nitrogen and oxygen atoms in total. The van der Waals surface area contributed by atoms with E-state index in [0.717, 1.165) is 19.3 Å². The molecular weight excluding hydrogens is 464 g/mol. The van der Waals surface area contributed by atoms with E-state index in [4.69, 9.17) is 35.4 Å². The van der Waals surface area contributed by atoms with E-state index in [0.29, 0.717) is 19.3 Å². The molecule has 194 valence electrons. The normalized spacial score (nSPS) is 10.4. The highest BCUT2D eigenvalue weighted by atomic mass is 16.6. The van der Waals surface area contributed by atoms with Crippen LogP contribution in [0.4, 0.5) is 0 Å². The second-order valence-electron chi connectivity index (χ2n) is 7.22. The van der Waals surface area contributed by atoms with E-state index < -0.39 is 60.2 Å². The molecule has 0 heterocycles. The minimum Gasteiger partial charge on any atom is -0.481 e. The molecule has 0 amide bonds. The topological polar surface area (TPSA) is 250 Å². The fourth-order valence-electron chi connectivity index (χ4n) is 2.55. The molecule has 0 unspecified atom stereocenters. The van der Waals surface area contributed by atoms with Gasteiger partial charge < -0.3 is 35.4 Å². The summed E-state index contributed by atoms with van der Waals surface area (Å²) >= 11 is 0. The number of hydrogen-bond donors (Lipinski definition) is 6. The molecule has 0 aromatic heterocycles. The van der Waals surface area contributed by atoms with Gasteiger partial charge in [0.25, 0.3) is 0 Å². The Morgan fingerprint density at radius 3 is 1.15 bits per heavy atom. The molecule has 14 heteroatoms. The van der Waals surface area contributed by atoms with E-state index >= 15 is 0 Å². The molecule has 0 aromatic rings. The van der Waals surface area contributed by atoms with Crippen LogP contribution in [0.25, 0.3) is 0 Å². The van der Waals surface area contributed by atoms with Crippen molar-refractivity contribution in [2.75, 3.05) is 0 Å². The molecule has 0 aromatic carbocycles. The monoisotopic (exact) mass is 494 g/mol. The third-order valence-electron chi connectivity index (χ3n) is 4.15. The third kappa shape index (κ3) is 19.0. The van der Waals surface area contributed by atoms with Crippen LogP contribution in [0.3, 0.4) is 0 Å². The van der Waals surface area contributed by atoms with Gasteiger partial charge in [0, 0.05) is 12.8 Å². The fraction of sp³-hybridized carbons (Fsp3) is 0.650. The van der Waals surface area contributed by atoms with Gasteiger partial charge in [-0.3, -0.25) is 28.8 Å². The zero-order valence-electron chi connectivity index (χ0n) is 18.4. The summed E-state index contributed by atoms with van der Waals surface area (Å²) in [6, 6.07) is 0. The van der Waals surface area contributed by atoms with Gasteiger partial charge >= 0.3 is 41.8 Å². The first-order valence-electron chi connectivity index (χ1n) is 10.3. The Kier molecular flexibility index (Phi) is 17.0. The van der Waals surface area contributed by atoms with Crippen molar-refractivity contribution in [1.29, 1.82) is 0 Å². The number of esters is 1. The molecule has 0 bridgehead atoms. The number of carbonyl (C=O) groups is 7. The molecule has 0 fully saturated rings. The maximum absolute atomic E-state index is 11.8. The van der Waals surface area contributed by atoms with E-state index in [2.05, 4.69) is 0 Å². The number of unbranched alkanes of at least 4 members (excludes halogenated alkanes) is 5. The van der Waals surface area contributed by atoms with Crippen molar-refractivity contribution >= 4 is 41.8 Å². The summed E-state index contributed by atoms with van der Waals surface area (Å²) in [6.07, 6.45) is 0.909. The van der Waals surface area contributed by atoms with E-state index in [1.165, 1.54) is 0 Å². The van der Waals surface area contributed by atoms with Crippen LogP contribution in [-0.4, -0.2) is 78.0 Å². The van der Waals surface area contributed by atoms with Crippen molar-refractivity contribution in [3.63, 3.8) is 0 Å². The highest BCUT2D eigenvalue weighted by Crippen LogP contribution is 2.23. The lowest BCUT2D eigenvalue weighted by molar-refractivity contribution is -0.186.